The zero-order chi connectivity index (χ0) is 41.0. The van der Waals surface area contributed by atoms with Crippen LogP contribution in [0.2, 0.25) is 0 Å². The fourth-order valence-electron chi connectivity index (χ4n) is 8.44. The lowest BCUT2D eigenvalue weighted by Crippen LogP contribution is -2.26. The lowest BCUT2D eigenvalue weighted by molar-refractivity contribution is 0.738. The Balaban J connectivity index is 0.941. The van der Waals surface area contributed by atoms with Crippen LogP contribution in [0.15, 0.2) is 116 Å². The smallest absolute Gasteiger partial charge is 0.181 e. The molecule has 10 aromatic heterocycles. The number of fused-ring (bicyclic) bond motifs is 4. The summed E-state index contributed by atoms with van der Waals surface area (Å²) < 4.78 is 0. The molecule has 0 fully saturated rings. The number of aromatic amines is 4. The average Bonchev–Trinajstić information content (AvgIpc) is 4.14. The minimum absolute atomic E-state index is 0.131. The van der Waals surface area contributed by atoms with Gasteiger partial charge in [0.05, 0.1) is 38.9 Å². The minimum Gasteiger partial charge on any atom is -0.337 e. The van der Waals surface area contributed by atoms with Gasteiger partial charge >= 0.3 is 0 Å². The summed E-state index contributed by atoms with van der Waals surface area (Å²) in [4.78, 5) is 45.4. The Hall–Kier alpha value is -8.30. The molecule has 15 nitrogen and oxygen atoms in total. The van der Waals surface area contributed by atoms with Gasteiger partial charge in [-0.1, -0.05) is 18.2 Å². The normalized spacial score (nSPS) is 17.3. The van der Waals surface area contributed by atoms with Crippen LogP contribution in [0.5, 0.6) is 0 Å². The molecule has 62 heavy (non-hydrogen) atoms. The van der Waals surface area contributed by atoms with Crippen molar-refractivity contribution < 1.29 is 0 Å². The van der Waals surface area contributed by atoms with Gasteiger partial charge < -0.3 is 15.3 Å². The molecule has 0 amide bonds. The van der Waals surface area contributed by atoms with E-state index in [9.17, 15) is 0 Å². The van der Waals surface area contributed by atoms with Crippen LogP contribution < -0.4 is 15.9 Å². The van der Waals surface area contributed by atoms with Crippen molar-refractivity contribution in [2.45, 2.75) is 18.8 Å². The Bertz CT molecular complexity index is 3520. The van der Waals surface area contributed by atoms with Gasteiger partial charge in [0, 0.05) is 77.9 Å². The molecule has 1 atom stereocenters. The van der Waals surface area contributed by atoms with Gasteiger partial charge in [0.1, 0.15) is 22.4 Å². The summed E-state index contributed by atoms with van der Waals surface area (Å²) in [5.41, 5.74) is 13.6. The van der Waals surface area contributed by atoms with Crippen molar-refractivity contribution in [2.24, 2.45) is 0 Å². The third-order valence-corrected chi connectivity index (χ3v) is 11.5. The van der Waals surface area contributed by atoms with Crippen LogP contribution in [0.25, 0.3) is 102 Å². The molecule has 10 aromatic rings. The Morgan fingerprint density at radius 2 is 1.50 bits per heavy atom. The van der Waals surface area contributed by atoms with Crippen LogP contribution in [-0.2, 0) is 0 Å². The second-order valence-corrected chi connectivity index (χ2v) is 15.3. The van der Waals surface area contributed by atoms with E-state index in [1.54, 1.807) is 24.8 Å². The van der Waals surface area contributed by atoms with E-state index < -0.39 is 0 Å². The number of aromatic nitrogens is 14. The molecule has 0 bridgehead atoms. The highest BCUT2D eigenvalue weighted by Gasteiger charge is 2.21. The van der Waals surface area contributed by atoms with Gasteiger partial charge in [-0.05, 0) is 103 Å². The molecule has 0 saturated carbocycles. The molecule has 0 unspecified atom stereocenters. The van der Waals surface area contributed by atoms with Crippen molar-refractivity contribution in [3.05, 3.63) is 144 Å². The van der Waals surface area contributed by atoms with Crippen molar-refractivity contribution in [1.82, 2.24) is 75.6 Å². The Kier molecular flexibility index (Phi) is 8.48. The topological polar surface area (TPSA) is 204 Å². The fourth-order valence-corrected chi connectivity index (χ4v) is 8.44. The highest BCUT2D eigenvalue weighted by Crippen LogP contribution is 2.34. The van der Waals surface area contributed by atoms with E-state index in [1.807, 2.05) is 67.1 Å². The SMILES string of the molecule is C1=C(c2cnc3n[nH]c(-c4nc5c(-c6ccnc([C@H]7\C=c8/[nH]nc(-c9nc%10c(-c%11cccnc%11)nccc%10[nH]9)/c8=C/C(c8ccccn8)=C\C7)c6)nccc5[nH]4)c3c2)CCNC1. The molecule has 2 aliphatic rings. The van der Waals surface area contributed by atoms with Crippen molar-refractivity contribution >= 4 is 56.4 Å². The maximum absolute atomic E-state index is 5.12. The van der Waals surface area contributed by atoms with Gasteiger partial charge in [0.2, 0.25) is 0 Å². The summed E-state index contributed by atoms with van der Waals surface area (Å²) in [7, 11) is 0. The lowest BCUT2D eigenvalue weighted by atomic mass is 9.94. The van der Waals surface area contributed by atoms with Crippen LogP contribution in [0.3, 0.4) is 0 Å². The number of H-pyrrole nitrogens is 4. The second kappa shape index (κ2) is 14.8. The van der Waals surface area contributed by atoms with Crippen LogP contribution in [0.1, 0.15) is 35.7 Å². The molecule has 5 N–H and O–H groups in total. The summed E-state index contributed by atoms with van der Waals surface area (Å²) in [5, 5.41) is 21.9. The molecule has 12 rings (SSSR count). The molecule has 298 valence electrons. The van der Waals surface area contributed by atoms with Gasteiger partial charge in [-0.15, -0.1) is 0 Å². The number of hydrogen-bond donors (Lipinski definition) is 5. The summed E-state index contributed by atoms with van der Waals surface area (Å²) in [6.07, 6.45) is 23.1. The van der Waals surface area contributed by atoms with Gasteiger partial charge in [0.25, 0.3) is 0 Å². The molecular weight excluding hydrogens is 775 g/mol. The number of pyridine rings is 6. The molecule has 0 aromatic carbocycles. The molecule has 0 spiro atoms. The highest BCUT2D eigenvalue weighted by molar-refractivity contribution is 5.96. The number of nitrogens with one attached hydrogen (secondary N) is 5. The van der Waals surface area contributed by atoms with Crippen LogP contribution >= 0.6 is 0 Å². The molecule has 0 saturated heterocycles. The van der Waals surface area contributed by atoms with Crippen LogP contribution in [0, 0.1) is 0 Å². The summed E-state index contributed by atoms with van der Waals surface area (Å²) in [6, 6.07) is 19.9. The summed E-state index contributed by atoms with van der Waals surface area (Å²) in [6.45, 7) is 1.80. The quantitative estimate of drug-likeness (QED) is 0.121. The molecule has 1 aliphatic carbocycles. The molecule has 11 heterocycles. The van der Waals surface area contributed by atoms with E-state index in [4.69, 9.17) is 30.0 Å². The number of rotatable bonds is 7. The van der Waals surface area contributed by atoms with Gasteiger partial charge in [0.15, 0.2) is 17.3 Å². The minimum atomic E-state index is -0.131. The zero-order valence-electron chi connectivity index (χ0n) is 33.0. The van der Waals surface area contributed by atoms with Crippen molar-refractivity contribution in [3.63, 3.8) is 0 Å². The van der Waals surface area contributed by atoms with Crippen molar-refractivity contribution in [2.75, 3.05) is 13.1 Å². The van der Waals surface area contributed by atoms with E-state index in [0.717, 1.165) is 108 Å². The van der Waals surface area contributed by atoms with Crippen molar-refractivity contribution in [1.29, 1.82) is 0 Å². The van der Waals surface area contributed by atoms with Gasteiger partial charge in [-0.25, -0.2) is 15.0 Å². The molecule has 1 aliphatic heterocycles. The molecule has 15 heteroatoms. The summed E-state index contributed by atoms with van der Waals surface area (Å²) >= 11 is 0. The van der Waals surface area contributed by atoms with E-state index >= 15 is 0 Å². The number of nitrogens with zero attached hydrogens (tertiary/aromatic N) is 10. The number of allylic oxidation sites excluding steroid dienone is 2. The van der Waals surface area contributed by atoms with Crippen LogP contribution in [0.4, 0.5) is 0 Å². The summed E-state index contributed by atoms with van der Waals surface area (Å²) in [5.74, 6) is 1.15. The van der Waals surface area contributed by atoms with E-state index in [-0.39, 0.29) is 5.92 Å². The third-order valence-electron chi connectivity index (χ3n) is 11.5. The Morgan fingerprint density at radius 1 is 0.645 bits per heavy atom. The van der Waals surface area contributed by atoms with Gasteiger partial charge in [-0.2, -0.15) is 10.2 Å². The maximum atomic E-state index is 5.12. The monoisotopic (exact) mass is 809 g/mol. The predicted octanol–water partition coefficient (Wildman–Crippen LogP) is 6.29. The largest absolute Gasteiger partial charge is 0.337 e. The van der Waals surface area contributed by atoms with Crippen molar-refractivity contribution in [3.8, 4) is 45.6 Å². The first-order valence-electron chi connectivity index (χ1n) is 20.4. The number of hydrogen-bond acceptors (Lipinski definition) is 11. The first-order valence-corrected chi connectivity index (χ1v) is 20.4. The lowest BCUT2D eigenvalue weighted by Gasteiger charge is -2.14. The first-order chi connectivity index (χ1) is 30.7. The average molecular weight is 810 g/mol. The molecule has 0 radical (unpaired) electrons. The third kappa shape index (κ3) is 6.26. The van der Waals surface area contributed by atoms with Gasteiger partial charge in [-0.3, -0.25) is 35.1 Å². The number of imidazole rings is 2. The van der Waals surface area contributed by atoms with Crippen LogP contribution in [-0.4, -0.2) is 83.3 Å². The zero-order valence-corrected chi connectivity index (χ0v) is 33.0. The van der Waals surface area contributed by atoms with E-state index in [2.05, 4.69) is 82.0 Å². The van der Waals surface area contributed by atoms with E-state index in [1.165, 1.54) is 5.57 Å². The Morgan fingerprint density at radius 3 is 2.32 bits per heavy atom. The fraction of sp³-hybridized carbons (Fsp3) is 0.106. The maximum Gasteiger partial charge on any atom is 0.181 e. The first kappa shape index (κ1) is 35.6. The van der Waals surface area contributed by atoms with E-state index in [0.29, 0.717) is 29.4 Å². The predicted molar refractivity (Wildman–Crippen MR) is 238 cm³/mol. The second-order valence-electron chi connectivity index (χ2n) is 15.3. The standard InChI is InChI=1S/C47H35N15/c1-2-14-50-34(5-1)27-6-7-28(22-38-32(20-27)41(60-59-38)46-55-36-12-19-53-40(44(36)58-46)30-4-3-13-49-24-30)37-23-29(10-17-51-37)39-43-35(11-18-52-39)56-47(57-43)42-33-21-31(25-54-45(33)62-61-42)26-8-15-48-16-9-26/h1-6,8,10-14,17-25,28,48,59H,7,9,15-16H2,(H,55,58)(H,56,57)(H,54,61,62)/b27-6+,32-20+,38-22-/t28-/m1/s1. The highest BCUT2D eigenvalue weighted by atomic mass is 15.2. The Labute approximate surface area is 352 Å². The molecular formula is C47H35N15.